The number of rotatable bonds is 9. The number of benzene rings is 2. The molecule has 0 bridgehead atoms. The summed E-state index contributed by atoms with van der Waals surface area (Å²) in [5.74, 6) is -1.56. The van der Waals surface area contributed by atoms with E-state index in [1.54, 1.807) is 12.1 Å². The van der Waals surface area contributed by atoms with E-state index in [0.717, 1.165) is 27.7 Å². The van der Waals surface area contributed by atoms with Crippen molar-refractivity contribution < 1.29 is 28.9 Å². The summed E-state index contributed by atoms with van der Waals surface area (Å²) >= 11 is 0. The van der Waals surface area contributed by atoms with Gasteiger partial charge in [-0.05, 0) is 44.0 Å². The predicted octanol–water partition coefficient (Wildman–Crippen LogP) is 4.68. The highest BCUT2D eigenvalue weighted by molar-refractivity contribution is 7.58. The normalized spacial score (nSPS) is 14.6. The fourth-order valence-electron chi connectivity index (χ4n) is 4.06. The van der Waals surface area contributed by atoms with Crippen LogP contribution in [0.15, 0.2) is 48.5 Å². The van der Waals surface area contributed by atoms with Gasteiger partial charge in [-0.2, -0.15) is 0 Å². The molecule has 0 amide bonds. The summed E-state index contributed by atoms with van der Waals surface area (Å²) in [5, 5.41) is 19.6. The Labute approximate surface area is 180 Å². The topological polar surface area (TPSA) is 99.8 Å². The summed E-state index contributed by atoms with van der Waals surface area (Å²) in [6.07, 6.45) is -2.25. The molecule has 3 rings (SSSR count). The van der Waals surface area contributed by atoms with Crippen LogP contribution < -0.4 is 0 Å². The third kappa shape index (κ3) is 5.42. The SMILES string of the molecule is CC(C)n1c(CCP(=O)(O)C[C@@H](O)CC(=O)O)c(-c2ccc(F)cc2)c2ccccc21. The summed E-state index contributed by atoms with van der Waals surface area (Å²) in [6.45, 7) is 4.05. The number of aliphatic carboxylic acids is 1. The Balaban J connectivity index is 2.03. The minimum atomic E-state index is -3.77. The Morgan fingerprint density at radius 2 is 1.77 bits per heavy atom. The molecule has 0 spiro atoms. The first-order valence-electron chi connectivity index (χ1n) is 10.2. The molecule has 2 atom stereocenters. The highest BCUT2D eigenvalue weighted by atomic mass is 31.2. The van der Waals surface area contributed by atoms with Crippen molar-refractivity contribution in [2.24, 2.45) is 0 Å². The maximum Gasteiger partial charge on any atom is 0.305 e. The van der Waals surface area contributed by atoms with Crippen molar-refractivity contribution in [3.05, 3.63) is 60.0 Å². The number of aliphatic hydroxyl groups is 1. The average Bonchev–Trinajstić information content (AvgIpc) is 3.00. The Morgan fingerprint density at radius 1 is 1.13 bits per heavy atom. The summed E-state index contributed by atoms with van der Waals surface area (Å²) in [4.78, 5) is 21.2. The Morgan fingerprint density at radius 3 is 2.39 bits per heavy atom. The van der Waals surface area contributed by atoms with Gasteiger partial charge in [0.25, 0.3) is 0 Å². The van der Waals surface area contributed by atoms with Gasteiger partial charge in [0.2, 0.25) is 7.37 Å². The van der Waals surface area contributed by atoms with E-state index in [-0.39, 0.29) is 24.4 Å². The van der Waals surface area contributed by atoms with E-state index in [2.05, 4.69) is 4.57 Å². The second-order valence-electron chi connectivity index (χ2n) is 8.06. The fourth-order valence-corrected chi connectivity index (χ4v) is 5.59. The molecule has 166 valence electrons. The molecule has 0 aliphatic carbocycles. The summed E-state index contributed by atoms with van der Waals surface area (Å²) < 4.78 is 28.4. The number of nitrogens with zero attached hydrogens (tertiary/aromatic N) is 1. The van der Waals surface area contributed by atoms with E-state index in [4.69, 9.17) is 5.11 Å². The lowest BCUT2D eigenvalue weighted by Gasteiger charge is -2.19. The summed E-state index contributed by atoms with van der Waals surface area (Å²) in [7, 11) is -3.77. The molecular weight excluding hydrogens is 420 g/mol. The molecule has 2 aromatic carbocycles. The summed E-state index contributed by atoms with van der Waals surface area (Å²) in [6, 6.07) is 14.1. The third-order valence-electron chi connectivity index (χ3n) is 5.27. The first-order valence-corrected chi connectivity index (χ1v) is 12.2. The number of aromatic nitrogens is 1. The largest absolute Gasteiger partial charge is 0.481 e. The molecule has 0 saturated heterocycles. The Hall–Kier alpha value is -2.47. The van der Waals surface area contributed by atoms with Gasteiger partial charge in [-0.3, -0.25) is 9.36 Å². The van der Waals surface area contributed by atoms with Crippen molar-refractivity contribution in [2.45, 2.75) is 38.8 Å². The third-order valence-corrected chi connectivity index (χ3v) is 7.18. The van der Waals surface area contributed by atoms with Crippen LogP contribution >= 0.6 is 7.37 Å². The van der Waals surface area contributed by atoms with Crippen LogP contribution in [0.1, 0.15) is 32.0 Å². The Bertz CT molecular complexity index is 1120. The van der Waals surface area contributed by atoms with Gasteiger partial charge in [-0.25, -0.2) is 4.39 Å². The first-order chi connectivity index (χ1) is 14.6. The minimum Gasteiger partial charge on any atom is -0.481 e. The van der Waals surface area contributed by atoms with E-state index < -0.39 is 32.0 Å². The Kier molecular flexibility index (Phi) is 6.99. The number of halogens is 1. The van der Waals surface area contributed by atoms with Gasteiger partial charge in [-0.1, -0.05) is 30.3 Å². The fraction of sp³-hybridized carbons (Fsp3) is 0.348. The lowest BCUT2D eigenvalue weighted by atomic mass is 10.0. The molecule has 1 heterocycles. The predicted molar refractivity (Wildman–Crippen MR) is 119 cm³/mol. The van der Waals surface area contributed by atoms with Crippen LogP contribution in [0, 0.1) is 5.82 Å². The second-order valence-corrected chi connectivity index (χ2v) is 10.6. The highest BCUT2D eigenvalue weighted by Crippen LogP contribution is 2.44. The van der Waals surface area contributed by atoms with Crippen molar-refractivity contribution in [1.29, 1.82) is 0 Å². The van der Waals surface area contributed by atoms with E-state index in [1.807, 2.05) is 38.1 Å². The molecule has 0 fully saturated rings. The van der Waals surface area contributed by atoms with E-state index >= 15 is 0 Å². The van der Waals surface area contributed by atoms with Gasteiger partial charge < -0.3 is 19.7 Å². The van der Waals surface area contributed by atoms with Gasteiger partial charge in [0.05, 0.1) is 18.7 Å². The molecule has 0 aliphatic heterocycles. The maximum atomic E-state index is 13.5. The smallest absolute Gasteiger partial charge is 0.305 e. The number of para-hydroxylation sites is 1. The minimum absolute atomic E-state index is 0.0739. The monoisotopic (exact) mass is 447 g/mol. The van der Waals surface area contributed by atoms with E-state index in [0.29, 0.717) is 0 Å². The molecule has 0 saturated carbocycles. The molecule has 1 unspecified atom stereocenters. The van der Waals surface area contributed by atoms with Crippen LogP contribution in [0.3, 0.4) is 0 Å². The first kappa shape index (κ1) is 23.2. The van der Waals surface area contributed by atoms with Gasteiger partial charge in [0, 0.05) is 34.4 Å². The molecule has 3 N–H and O–H groups in total. The van der Waals surface area contributed by atoms with Gasteiger partial charge in [0.1, 0.15) is 5.82 Å². The molecule has 31 heavy (non-hydrogen) atoms. The molecule has 1 aromatic heterocycles. The number of aliphatic hydroxyl groups excluding tert-OH is 1. The second kappa shape index (κ2) is 9.35. The van der Waals surface area contributed by atoms with Gasteiger partial charge in [0.15, 0.2) is 0 Å². The van der Waals surface area contributed by atoms with Crippen molar-refractivity contribution >= 4 is 24.2 Å². The van der Waals surface area contributed by atoms with Crippen molar-refractivity contribution in [3.8, 4) is 11.1 Å². The molecule has 3 aromatic rings. The summed E-state index contributed by atoms with van der Waals surface area (Å²) in [5.41, 5.74) is 3.52. The lowest BCUT2D eigenvalue weighted by Crippen LogP contribution is -2.19. The van der Waals surface area contributed by atoms with Crippen molar-refractivity contribution in [3.63, 3.8) is 0 Å². The number of fused-ring (bicyclic) bond motifs is 1. The van der Waals surface area contributed by atoms with E-state index in [9.17, 15) is 23.7 Å². The molecule has 8 heteroatoms. The highest BCUT2D eigenvalue weighted by Gasteiger charge is 2.27. The number of carboxylic acids is 1. The zero-order valence-electron chi connectivity index (χ0n) is 17.5. The van der Waals surface area contributed by atoms with Crippen LogP contribution in [0.5, 0.6) is 0 Å². The van der Waals surface area contributed by atoms with Crippen LogP contribution in [0.25, 0.3) is 22.0 Å². The zero-order chi connectivity index (χ0) is 22.8. The molecule has 0 radical (unpaired) electrons. The zero-order valence-corrected chi connectivity index (χ0v) is 18.4. The average molecular weight is 447 g/mol. The van der Waals surface area contributed by atoms with Crippen LogP contribution in [0.4, 0.5) is 4.39 Å². The quantitative estimate of drug-likeness (QED) is 0.414. The van der Waals surface area contributed by atoms with Crippen LogP contribution in [0.2, 0.25) is 0 Å². The van der Waals surface area contributed by atoms with E-state index in [1.165, 1.54) is 12.1 Å². The van der Waals surface area contributed by atoms with Crippen molar-refractivity contribution in [2.75, 3.05) is 12.3 Å². The number of hydrogen-bond acceptors (Lipinski definition) is 3. The van der Waals surface area contributed by atoms with Crippen molar-refractivity contribution in [1.82, 2.24) is 4.57 Å². The maximum absolute atomic E-state index is 13.5. The van der Waals surface area contributed by atoms with Crippen LogP contribution in [-0.2, 0) is 15.8 Å². The van der Waals surface area contributed by atoms with Gasteiger partial charge in [-0.15, -0.1) is 0 Å². The standard InChI is InChI=1S/C23H27FNO5P/c1-15(2)25-20-6-4-3-5-19(20)23(16-7-9-17(24)10-8-16)21(25)11-12-31(29,30)14-18(26)13-22(27)28/h3-10,15,18,26H,11-14H2,1-2H3,(H,27,28)(H,29,30)/t18-/m0/s1. The molecule has 0 aliphatic rings. The number of carbonyl (C=O) groups is 1. The van der Waals surface area contributed by atoms with Crippen LogP contribution in [-0.4, -0.2) is 44.1 Å². The lowest BCUT2D eigenvalue weighted by molar-refractivity contribution is -0.138. The molecular formula is C23H27FNO5P. The molecule has 6 nitrogen and oxygen atoms in total. The van der Waals surface area contributed by atoms with Gasteiger partial charge >= 0.3 is 5.97 Å². The number of hydrogen-bond donors (Lipinski definition) is 3. The number of carboxylic acid groups (broad SMARTS) is 1.